The van der Waals surface area contributed by atoms with E-state index in [1.54, 1.807) is 7.05 Å². The van der Waals surface area contributed by atoms with Crippen molar-refractivity contribution < 1.29 is 4.79 Å². The number of urea groups is 1. The summed E-state index contributed by atoms with van der Waals surface area (Å²) in [6.45, 7) is 2.43. The standard InChI is InChI=1S/C13H15N3OS/c1-10-9-18-13(15-10)16(2)12(17)14-8-11-6-4-3-5-7-11/h3-7,9H,8H2,1-2H3,(H,14,17). The highest BCUT2D eigenvalue weighted by molar-refractivity contribution is 7.14. The fraction of sp³-hybridized carbons (Fsp3) is 0.231. The van der Waals surface area contributed by atoms with Crippen molar-refractivity contribution in [1.82, 2.24) is 10.3 Å². The third-order valence-electron chi connectivity index (χ3n) is 2.49. The average molecular weight is 261 g/mol. The lowest BCUT2D eigenvalue weighted by atomic mass is 10.2. The van der Waals surface area contributed by atoms with Crippen LogP contribution in [0.1, 0.15) is 11.3 Å². The van der Waals surface area contributed by atoms with Crippen LogP contribution in [0.5, 0.6) is 0 Å². The molecule has 1 aromatic heterocycles. The van der Waals surface area contributed by atoms with E-state index < -0.39 is 0 Å². The average Bonchev–Trinajstić information content (AvgIpc) is 2.83. The Balaban J connectivity index is 1.92. The number of carbonyl (C=O) groups excluding carboxylic acids is 1. The first-order chi connectivity index (χ1) is 8.66. The Kier molecular flexibility index (Phi) is 3.94. The molecule has 1 N–H and O–H groups in total. The number of nitrogens with one attached hydrogen (secondary N) is 1. The summed E-state index contributed by atoms with van der Waals surface area (Å²) in [6.07, 6.45) is 0. The third-order valence-corrected chi connectivity index (χ3v) is 3.52. The maximum Gasteiger partial charge on any atom is 0.323 e. The van der Waals surface area contributed by atoms with Crippen LogP contribution in [-0.2, 0) is 6.54 Å². The van der Waals surface area contributed by atoms with Gasteiger partial charge in [0.05, 0.1) is 5.69 Å². The van der Waals surface area contributed by atoms with Crippen LogP contribution >= 0.6 is 11.3 Å². The van der Waals surface area contributed by atoms with Crippen molar-refractivity contribution in [2.75, 3.05) is 11.9 Å². The van der Waals surface area contributed by atoms with E-state index in [0.717, 1.165) is 11.3 Å². The quantitative estimate of drug-likeness (QED) is 0.923. The molecule has 4 nitrogen and oxygen atoms in total. The molecule has 2 amide bonds. The van der Waals surface area contributed by atoms with E-state index in [9.17, 15) is 4.79 Å². The van der Waals surface area contributed by atoms with Gasteiger partial charge in [-0.15, -0.1) is 11.3 Å². The second kappa shape index (κ2) is 5.64. The zero-order chi connectivity index (χ0) is 13.0. The molecule has 0 bridgehead atoms. The lowest BCUT2D eigenvalue weighted by Crippen LogP contribution is -2.36. The molecule has 0 spiro atoms. The van der Waals surface area contributed by atoms with Crippen LogP contribution in [0.3, 0.4) is 0 Å². The van der Waals surface area contributed by atoms with Crippen LogP contribution in [0.4, 0.5) is 9.93 Å². The Morgan fingerprint density at radius 3 is 2.72 bits per heavy atom. The Morgan fingerprint density at radius 2 is 2.11 bits per heavy atom. The molecule has 0 saturated carbocycles. The largest absolute Gasteiger partial charge is 0.334 e. The lowest BCUT2D eigenvalue weighted by Gasteiger charge is -2.14. The van der Waals surface area contributed by atoms with Crippen LogP contribution < -0.4 is 10.2 Å². The molecule has 18 heavy (non-hydrogen) atoms. The predicted octanol–water partition coefficient (Wildman–Crippen LogP) is 2.80. The fourth-order valence-corrected chi connectivity index (χ4v) is 2.24. The van der Waals surface area contributed by atoms with Crippen molar-refractivity contribution in [1.29, 1.82) is 0 Å². The first-order valence-electron chi connectivity index (χ1n) is 5.64. The van der Waals surface area contributed by atoms with Gasteiger partial charge in [0.2, 0.25) is 0 Å². The number of hydrogen-bond donors (Lipinski definition) is 1. The predicted molar refractivity (Wildman–Crippen MR) is 73.9 cm³/mol. The van der Waals surface area contributed by atoms with Crippen molar-refractivity contribution >= 4 is 22.5 Å². The molecule has 1 aromatic carbocycles. The van der Waals surface area contributed by atoms with Gasteiger partial charge in [-0.05, 0) is 12.5 Å². The van der Waals surface area contributed by atoms with Crippen molar-refractivity contribution in [3.05, 3.63) is 47.0 Å². The second-order valence-electron chi connectivity index (χ2n) is 3.97. The number of aryl methyl sites for hydroxylation is 1. The van der Waals surface area contributed by atoms with Crippen LogP contribution in [-0.4, -0.2) is 18.1 Å². The SMILES string of the molecule is Cc1csc(N(C)C(=O)NCc2ccccc2)n1. The minimum atomic E-state index is -0.145. The van der Waals surface area contributed by atoms with Gasteiger partial charge in [-0.2, -0.15) is 0 Å². The Labute approximate surface area is 110 Å². The number of nitrogens with zero attached hydrogens (tertiary/aromatic N) is 2. The van der Waals surface area contributed by atoms with Gasteiger partial charge in [0, 0.05) is 19.0 Å². The van der Waals surface area contributed by atoms with Crippen molar-refractivity contribution in [3.63, 3.8) is 0 Å². The smallest absolute Gasteiger partial charge is 0.323 e. The normalized spacial score (nSPS) is 10.1. The molecule has 2 rings (SSSR count). The number of aromatic nitrogens is 1. The summed E-state index contributed by atoms with van der Waals surface area (Å²) in [5.41, 5.74) is 2.01. The first-order valence-corrected chi connectivity index (χ1v) is 6.52. The first kappa shape index (κ1) is 12.6. The van der Waals surface area contributed by atoms with Crippen LogP contribution in [0.25, 0.3) is 0 Å². The molecule has 0 aliphatic rings. The zero-order valence-electron chi connectivity index (χ0n) is 10.4. The van der Waals surface area contributed by atoms with Crippen LogP contribution in [0.15, 0.2) is 35.7 Å². The van der Waals surface area contributed by atoms with Crippen LogP contribution in [0, 0.1) is 6.92 Å². The van der Waals surface area contributed by atoms with E-state index in [-0.39, 0.29) is 6.03 Å². The van der Waals surface area contributed by atoms with E-state index in [4.69, 9.17) is 0 Å². The molecule has 1 heterocycles. The van der Waals surface area contributed by atoms with Gasteiger partial charge in [0.15, 0.2) is 5.13 Å². The third kappa shape index (κ3) is 3.07. The summed E-state index contributed by atoms with van der Waals surface area (Å²) in [5, 5.41) is 5.49. The highest BCUT2D eigenvalue weighted by Gasteiger charge is 2.13. The summed E-state index contributed by atoms with van der Waals surface area (Å²) >= 11 is 1.46. The molecule has 0 unspecified atom stereocenters. The van der Waals surface area contributed by atoms with Crippen molar-refractivity contribution in [2.24, 2.45) is 0 Å². The number of thiazole rings is 1. The fourth-order valence-electron chi connectivity index (χ4n) is 1.47. The maximum atomic E-state index is 11.9. The number of rotatable bonds is 3. The topological polar surface area (TPSA) is 45.2 Å². The number of anilines is 1. The van der Waals surface area contributed by atoms with Gasteiger partial charge in [0.1, 0.15) is 0 Å². The van der Waals surface area contributed by atoms with Gasteiger partial charge in [-0.25, -0.2) is 9.78 Å². The zero-order valence-corrected chi connectivity index (χ0v) is 11.2. The molecular weight excluding hydrogens is 246 g/mol. The van der Waals surface area contributed by atoms with E-state index in [1.807, 2.05) is 42.6 Å². The maximum absolute atomic E-state index is 11.9. The number of hydrogen-bond acceptors (Lipinski definition) is 3. The Morgan fingerprint density at radius 1 is 1.39 bits per heavy atom. The molecule has 0 saturated heterocycles. The van der Waals surface area contributed by atoms with Gasteiger partial charge >= 0.3 is 6.03 Å². The number of carbonyl (C=O) groups is 1. The number of amides is 2. The molecule has 5 heteroatoms. The summed E-state index contributed by atoms with van der Waals surface area (Å²) in [4.78, 5) is 17.7. The van der Waals surface area contributed by atoms with Crippen molar-refractivity contribution in [2.45, 2.75) is 13.5 Å². The molecule has 0 aliphatic heterocycles. The molecular formula is C13H15N3OS. The van der Waals surface area contributed by atoms with E-state index in [1.165, 1.54) is 16.2 Å². The second-order valence-corrected chi connectivity index (χ2v) is 4.81. The molecule has 2 aromatic rings. The molecule has 0 atom stereocenters. The molecule has 0 fully saturated rings. The summed E-state index contributed by atoms with van der Waals surface area (Å²) in [6, 6.07) is 9.68. The molecule has 0 aliphatic carbocycles. The number of benzene rings is 1. The lowest BCUT2D eigenvalue weighted by molar-refractivity contribution is 0.247. The minimum absolute atomic E-state index is 0.145. The summed E-state index contributed by atoms with van der Waals surface area (Å²) in [7, 11) is 1.72. The van der Waals surface area contributed by atoms with Gasteiger partial charge in [-0.3, -0.25) is 4.90 Å². The van der Waals surface area contributed by atoms with E-state index >= 15 is 0 Å². The van der Waals surface area contributed by atoms with Gasteiger partial charge in [-0.1, -0.05) is 30.3 Å². The van der Waals surface area contributed by atoms with Crippen molar-refractivity contribution in [3.8, 4) is 0 Å². The van der Waals surface area contributed by atoms with Crippen LogP contribution in [0.2, 0.25) is 0 Å². The monoisotopic (exact) mass is 261 g/mol. The van der Waals surface area contributed by atoms with Gasteiger partial charge < -0.3 is 5.32 Å². The van der Waals surface area contributed by atoms with E-state index in [0.29, 0.717) is 11.7 Å². The summed E-state index contributed by atoms with van der Waals surface area (Å²) < 4.78 is 0. The summed E-state index contributed by atoms with van der Waals surface area (Å²) in [5.74, 6) is 0. The minimum Gasteiger partial charge on any atom is -0.334 e. The Bertz CT molecular complexity index is 524. The Hall–Kier alpha value is -1.88. The molecule has 94 valence electrons. The highest BCUT2D eigenvalue weighted by atomic mass is 32.1. The highest BCUT2D eigenvalue weighted by Crippen LogP contribution is 2.18. The van der Waals surface area contributed by atoms with E-state index in [2.05, 4.69) is 10.3 Å². The molecule has 0 radical (unpaired) electrons. The van der Waals surface area contributed by atoms with Gasteiger partial charge in [0.25, 0.3) is 0 Å².